The van der Waals surface area contributed by atoms with Crippen LogP contribution in [-0.4, -0.2) is 12.5 Å². The molecule has 0 spiro atoms. The zero-order valence-corrected chi connectivity index (χ0v) is 13.1. The summed E-state index contributed by atoms with van der Waals surface area (Å²) in [5.41, 5.74) is 6.64. The Hall–Kier alpha value is -1.52. The third-order valence-electron chi connectivity index (χ3n) is 3.83. The lowest BCUT2D eigenvalue weighted by Gasteiger charge is -2.17. The quantitative estimate of drug-likeness (QED) is 0.832. The van der Waals surface area contributed by atoms with Crippen LogP contribution in [0.1, 0.15) is 28.9 Å². The third kappa shape index (κ3) is 3.06. The minimum Gasteiger partial charge on any atom is -0.397 e. The van der Waals surface area contributed by atoms with Gasteiger partial charge in [-0.2, -0.15) is 0 Å². The number of halogens is 1. The van der Waals surface area contributed by atoms with Crippen molar-refractivity contribution in [2.24, 2.45) is 5.92 Å². The van der Waals surface area contributed by atoms with Crippen molar-refractivity contribution >= 4 is 44.6 Å². The number of nitrogens with two attached hydrogens (primary N) is 1. The Morgan fingerprint density at radius 1 is 1.43 bits per heavy atom. The molecule has 1 amide bonds. The van der Waals surface area contributed by atoms with Crippen molar-refractivity contribution in [3.63, 3.8) is 0 Å². The van der Waals surface area contributed by atoms with E-state index in [4.69, 9.17) is 17.3 Å². The van der Waals surface area contributed by atoms with E-state index >= 15 is 0 Å². The monoisotopic (exact) mass is 320 g/mol. The van der Waals surface area contributed by atoms with Gasteiger partial charge < -0.3 is 11.1 Å². The Balaban J connectivity index is 1.75. The molecule has 1 aliphatic rings. The summed E-state index contributed by atoms with van der Waals surface area (Å²) in [4.78, 5) is 12.9. The number of benzene rings is 1. The number of hydrogen-bond donors (Lipinski definition) is 2. The fraction of sp³-hybridized carbons (Fsp3) is 0.312. The Kier molecular flexibility index (Phi) is 4.17. The van der Waals surface area contributed by atoms with Crippen LogP contribution in [-0.2, 0) is 0 Å². The van der Waals surface area contributed by atoms with Gasteiger partial charge in [0.25, 0.3) is 5.91 Å². The van der Waals surface area contributed by atoms with Gasteiger partial charge >= 0.3 is 0 Å². The predicted octanol–water partition coefficient (Wildman–Crippen LogP) is 4.22. The van der Waals surface area contributed by atoms with E-state index in [9.17, 15) is 4.79 Å². The van der Waals surface area contributed by atoms with Crippen molar-refractivity contribution in [1.29, 1.82) is 0 Å². The molecule has 0 saturated heterocycles. The molecule has 5 heteroatoms. The zero-order valence-electron chi connectivity index (χ0n) is 11.6. The number of nitrogens with one attached hydrogen (secondary N) is 1. The van der Waals surface area contributed by atoms with Gasteiger partial charge in [-0.05, 0) is 43.4 Å². The van der Waals surface area contributed by atoms with Gasteiger partial charge in [0.1, 0.15) is 4.88 Å². The first-order valence-corrected chi connectivity index (χ1v) is 8.25. The van der Waals surface area contributed by atoms with Gasteiger partial charge in [0.2, 0.25) is 0 Å². The molecule has 1 aromatic heterocycles. The first kappa shape index (κ1) is 14.4. The Morgan fingerprint density at radius 3 is 3.05 bits per heavy atom. The van der Waals surface area contributed by atoms with Crippen LogP contribution in [0.4, 0.5) is 5.69 Å². The summed E-state index contributed by atoms with van der Waals surface area (Å²) in [6, 6.07) is 5.51. The second-order valence-corrected chi connectivity index (χ2v) is 6.83. The van der Waals surface area contributed by atoms with Gasteiger partial charge in [-0.1, -0.05) is 23.8 Å². The van der Waals surface area contributed by atoms with Gasteiger partial charge in [0.15, 0.2) is 0 Å². The first-order valence-electron chi connectivity index (χ1n) is 7.06. The average Bonchev–Trinajstić information content (AvgIpc) is 2.82. The van der Waals surface area contributed by atoms with Gasteiger partial charge in [0, 0.05) is 21.7 Å². The standard InChI is InChI=1S/C16H17ClN2OS/c17-11-6-7-12-13(8-11)21-15(14(12)18)16(20)19-9-10-4-2-1-3-5-10/h1-2,6-8,10H,3-5,9,18H2,(H,19,20). The minimum absolute atomic E-state index is 0.0839. The Morgan fingerprint density at radius 2 is 2.29 bits per heavy atom. The second kappa shape index (κ2) is 6.08. The van der Waals surface area contributed by atoms with Crippen LogP contribution in [0.15, 0.2) is 30.4 Å². The van der Waals surface area contributed by atoms with E-state index in [1.54, 1.807) is 6.07 Å². The first-order chi connectivity index (χ1) is 10.1. The van der Waals surface area contributed by atoms with Gasteiger partial charge in [0.05, 0.1) is 5.69 Å². The molecule has 0 aliphatic heterocycles. The van der Waals surface area contributed by atoms with E-state index in [-0.39, 0.29) is 5.91 Å². The molecule has 1 unspecified atom stereocenters. The molecule has 1 aliphatic carbocycles. The van der Waals surface area contributed by atoms with Crippen molar-refractivity contribution in [3.05, 3.63) is 40.3 Å². The maximum Gasteiger partial charge on any atom is 0.263 e. The molecule has 0 saturated carbocycles. The van der Waals surface area contributed by atoms with E-state index in [1.807, 2.05) is 12.1 Å². The summed E-state index contributed by atoms with van der Waals surface area (Å²) < 4.78 is 0.950. The number of carbonyl (C=O) groups excluding carboxylic acids is 1. The highest BCUT2D eigenvalue weighted by atomic mass is 35.5. The fourth-order valence-electron chi connectivity index (χ4n) is 2.62. The summed E-state index contributed by atoms with van der Waals surface area (Å²) in [5.74, 6) is 0.448. The van der Waals surface area contributed by atoms with Crippen LogP contribution in [0.2, 0.25) is 5.02 Å². The molecule has 3 nitrogen and oxygen atoms in total. The number of carbonyl (C=O) groups is 1. The van der Waals surface area contributed by atoms with Crippen LogP contribution in [0.3, 0.4) is 0 Å². The maximum absolute atomic E-state index is 12.3. The number of nitrogen functional groups attached to an aromatic ring is 1. The summed E-state index contributed by atoms with van der Waals surface area (Å²) in [5, 5.41) is 4.57. The average molecular weight is 321 g/mol. The highest BCUT2D eigenvalue weighted by molar-refractivity contribution is 7.21. The van der Waals surface area contributed by atoms with Crippen LogP contribution >= 0.6 is 22.9 Å². The van der Waals surface area contributed by atoms with E-state index in [1.165, 1.54) is 11.3 Å². The molecule has 0 fully saturated rings. The molecule has 1 aromatic carbocycles. The van der Waals surface area contributed by atoms with E-state index in [0.717, 1.165) is 29.3 Å². The highest BCUT2D eigenvalue weighted by Gasteiger charge is 2.18. The largest absolute Gasteiger partial charge is 0.397 e. The number of hydrogen-bond acceptors (Lipinski definition) is 3. The normalized spacial score (nSPS) is 18.0. The van der Waals surface area contributed by atoms with Crippen molar-refractivity contribution in [2.75, 3.05) is 12.3 Å². The number of anilines is 1. The van der Waals surface area contributed by atoms with Crippen LogP contribution in [0.25, 0.3) is 10.1 Å². The number of fused-ring (bicyclic) bond motifs is 1. The molecule has 3 rings (SSSR count). The van der Waals surface area contributed by atoms with E-state index < -0.39 is 0 Å². The van der Waals surface area contributed by atoms with Crippen LogP contribution in [0, 0.1) is 5.92 Å². The molecule has 1 heterocycles. The molecule has 110 valence electrons. The molecule has 0 bridgehead atoms. The van der Waals surface area contributed by atoms with E-state index in [2.05, 4.69) is 17.5 Å². The lowest BCUT2D eigenvalue weighted by Crippen LogP contribution is -2.29. The van der Waals surface area contributed by atoms with Crippen molar-refractivity contribution in [1.82, 2.24) is 5.32 Å². The summed E-state index contributed by atoms with van der Waals surface area (Å²) in [6.45, 7) is 0.706. The molecule has 1 atom stereocenters. The summed E-state index contributed by atoms with van der Waals surface area (Å²) >= 11 is 7.38. The van der Waals surface area contributed by atoms with Gasteiger partial charge in [-0.15, -0.1) is 11.3 Å². The van der Waals surface area contributed by atoms with Gasteiger partial charge in [-0.3, -0.25) is 4.79 Å². The van der Waals surface area contributed by atoms with Crippen molar-refractivity contribution in [3.8, 4) is 0 Å². The fourth-order valence-corrected chi connectivity index (χ4v) is 3.93. The second-order valence-electron chi connectivity index (χ2n) is 5.35. The molecule has 21 heavy (non-hydrogen) atoms. The highest BCUT2D eigenvalue weighted by Crippen LogP contribution is 2.35. The smallest absolute Gasteiger partial charge is 0.263 e. The SMILES string of the molecule is Nc1c(C(=O)NCC2CC=CCC2)sc2cc(Cl)ccc12. The minimum atomic E-state index is -0.0839. The van der Waals surface area contributed by atoms with Crippen molar-refractivity contribution < 1.29 is 4.79 Å². The van der Waals surface area contributed by atoms with Crippen molar-refractivity contribution in [2.45, 2.75) is 19.3 Å². The topological polar surface area (TPSA) is 55.1 Å². The predicted molar refractivity (Wildman–Crippen MR) is 90.1 cm³/mol. The van der Waals surface area contributed by atoms with E-state index in [0.29, 0.717) is 28.0 Å². The molecular formula is C16H17ClN2OS. The molecule has 2 aromatic rings. The van der Waals surface area contributed by atoms with Crippen LogP contribution in [0.5, 0.6) is 0 Å². The Labute approximate surface area is 132 Å². The number of thiophene rings is 1. The Bertz CT molecular complexity index is 708. The lowest BCUT2D eigenvalue weighted by molar-refractivity contribution is 0.0951. The number of allylic oxidation sites excluding steroid dienone is 2. The molecular weight excluding hydrogens is 304 g/mol. The number of amides is 1. The summed E-state index contributed by atoms with van der Waals surface area (Å²) in [7, 11) is 0. The summed E-state index contributed by atoms with van der Waals surface area (Å²) in [6.07, 6.45) is 7.66. The lowest BCUT2D eigenvalue weighted by atomic mass is 9.94. The van der Waals surface area contributed by atoms with Gasteiger partial charge in [-0.25, -0.2) is 0 Å². The van der Waals surface area contributed by atoms with Crippen LogP contribution < -0.4 is 11.1 Å². The molecule has 0 radical (unpaired) electrons. The molecule has 3 N–H and O–H groups in total. The maximum atomic E-state index is 12.3. The zero-order chi connectivity index (χ0) is 14.8. The number of rotatable bonds is 3. The third-order valence-corrected chi connectivity index (χ3v) is 5.23.